The summed E-state index contributed by atoms with van der Waals surface area (Å²) >= 11 is 6.18. The molecule has 33 N–H and O–H groups in total. The molecule has 0 aliphatic heterocycles. The smallest absolute Gasteiger partial charge is 0.407 e. The van der Waals surface area contributed by atoms with E-state index in [0.29, 0.717) is 23.7 Å². The SMILES string of the molecule is CCN(CCCC(C)Nc1ccnc2cc(Cl)ccc12)CCOC(=O)NCCCC[C@H](NC(=O)[C@@H](N)CCC(N)=O)C(=O)N[C@@H](CCCNC(=N)N)C(=O)N[C@@H](C)C(=O)N[C@@H](C)C(=O)N[C@@H](Cc1ccc(O)cc1)C(=O)N[C@@H](CC(=O)O)C(=O)N[C@@H](CCC(N)=O)C(=O)N[C@@H](Cc1ccc(O)cc1)C(=O)NCC(=O)N[C@@H](Cc1cnc[nH]1)C(=O)N[C@@H](C)C(=O)N[C@@H](C)C(=O)N[C@@H](Cc1ccccc1)C(=O)N[C@@H](CCC(=O)O)C(N)=O. The summed E-state index contributed by atoms with van der Waals surface area (Å²) in [4.78, 5) is 284. The Morgan fingerprint density at radius 1 is 0.447 bits per heavy atom. The number of hydrogen-bond acceptors (Lipinski definition) is 29. The van der Waals surface area contributed by atoms with Gasteiger partial charge in [0.2, 0.25) is 100 Å². The fraction of sp³-hybridized carbons (Fsp3) is 0.474. The van der Waals surface area contributed by atoms with Gasteiger partial charge in [-0.1, -0.05) is 73.1 Å². The summed E-state index contributed by atoms with van der Waals surface area (Å²) in [6.45, 7) is 9.99. The molecule has 2 heterocycles. The van der Waals surface area contributed by atoms with Gasteiger partial charge < -0.3 is 154 Å². The number of aromatic nitrogens is 3. The van der Waals surface area contributed by atoms with E-state index in [1.54, 1.807) is 42.6 Å². The van der Waals surface area contributed by atoms with Gasteiger partial charge in [0.15, 0.2) is 5.96 Å². The molecule has 15 atom stereocenters. The van der Waals surface area contributed by atoms with E-state index in [1.807, 2.05) is 25.1 Å². The lowest BCUT2D eigenvalue weighted by Crippen LogP contribution is -2.60. The Balaban J connectivity index is 1.10. The number of phenolic OH excluding ortho intramolecular Hbond substituents is 2. The van der Waals surface area contributed by atoms with Gasteiger partial charge in [0, 0.05) is 105 Å². The van der Waals surface area contributed by atoms with Crippen molar-refractivity contribution in [1.29, 1.82) is 5.41 Å². The average molecular weight is 2120 g/mol. The Morgan fingerprint density at radius 3 is 1.43 bits per heavy atom. The van der Waals surface area contributed by atoms with Crippen LogP contribution in [-0.4, -0.2) is 301 Å². The summed E-state index contributed by atoms with van der Waals surface area (Å²) in [5.41, 5.74) is 30.9. The first-order chi connectivity index (χ1) is 71.1. The third-order valence-electron chi connectivity index (χ3n) is 23.4. The molecule has 0 saturated carbocycles. The minimum atomic E-state index is -2.16. The van der Waals surface area contributed by atoms with Crippen LogP contribution >= 0.6 is 11.6 Å². The van der Waals surface area contributed by atoms with Gasteiger partial charge in [-0.25, -0.2) is 9.78 Å². The van der Waals surface area contributed by atoms with Crippen LogP contribution < -0.4 is 119 Å². The number of guanidine groups is 1. The molecule has 816 valence electrons. The largest absolute Gasteiger partial charge is 0.508 e. The molecule has 18 amide bonds. The highest BCUT2D eigenvalue weighted by Gasteiger charge is 2.38. The summed E-state index contributed by atoms with van der Waals surface area (Å²) in [7, 11) is 0. The molecular weight excluding hydrogens is 1980 g/mol. The molecular formula is C97H136ClN27O25. The summed E-state index contributed by atoms with van der Waals surface area (Å²) in [6.07, 6.45) is 0.0268. The quantitative estimate of drug-likeness (QED) is 0.00990. The number of aromatic hydroxyl groups is 2. The molecule has 150 heavy (non-hydrogen) atoms. The van der Waals surface area contributed by atoms with E-state index in [2.05, 4.69) is 117 Å². The second kappa shape index (κ2) is 63.2. The van der Waals surface area contributed by atoms with Crippen molar-refractivity contribution in [2.24, 2.45) is 28.7 Å². The van der Waals surface area contributed by atoms with Gasteiger partial charge in [0.1, 0.15) is 96.6 Å². The number of anilines is 1. The van der Waals surface area contributed by atoms with Gasteiger partial charge in [-0.3, -0.25) is 101 Å². The fourth-order valence-electron chi connectivity index (χ4n) is 15.0. The van der Waals surface area contributed by atoms with Crippen molar-refractivity contribution >= 4 is 153 Å². The number of carboxylic acid groups (broad SMARTS) is 2. The fourth-order valence-corrected chi connectivity index (χ4v) is 15.1. The standard InChI is InChI=1S/C97H136ClN27O25/c1-7-125(40-14-15-52(2)111-66-36-39-106-71-46-60(98)24-29-64(66)71)41-42-150-97(149)108-37-12-11-18-68(118-87(140)65(99)30-33-77(100)128)90(143)119-69(19-13-38-107-96(103)104)89(142)114-53(3)83(136)112-56(6)86(139)122-74(45-59-22-27-63(127)28-23-59)94(147)124-76(48-81(133)134)95(148)120-70(31-34-78(101)129)91(144)123-72(44-58-20-25-62(126)26-21-58)88(141)109-50-79(130)116-75(47-61-49-105-51-110-61)92(145)115-54(4)84(137)113-55(5)85(138)121-73(43-57-16-9-8-10-17-57)93(146)117-67(82(102)135)32-35-80(131)132/h8-10,16-17,20-29,36,39,46,49,51-56,65,67-70,72-76,126-127H,7,11-15,18-19,30-35,37-38,40-45,47-48,50,99H2,1-6H3,(H2,100,128)(H2,101,129)(H2,102,135)(H,105,110)(H,106,111)(H,108,149)(H,109,141)(H,112,136)(H,113,137)(H,114,142)(H,115,145)(H,116,130)(H,117,146)(H,118,140)(H,119,143)(H,120,148)(H,121,138)(H,122,139)(H,123,144)(H,124,147)(H,131,132)(H,133,134)(H4,103,104,107)/t52?,53-,54-,55-,56-,65-,67-,68-,69-,70-,72-,73-,74-,75-,76-/m0/s1. The average Bonchev–Trinajstić information content (AvgIpc) is 0.827. The monoisotopic (exact) mass is 2110 g/mol. The third kappa shape index (κ3) is 45.3. The van der Waals surface area contributed by atoms with Gasteiger partial charge in [0.25, 0.3) is 0 Å². The van der Waals surface area contributed by atoms with Crippen molar-refractivity contribution in [1.82, 2.24) is 105 Å². The van der Waals surface area contributed by atoms with Crippen LogP contribution in [0.2, 0.25) is 5.02 Å². The maximum atomic E-state index is 14.7. The van der Waals surface area contributed by atoms with Gasteiger partial charge in [-0.2, -0.15) is 0 Å². The molecule has 0 aliphatic carbocycles. The van der Waals surface area contributed by atoms with Gasteiger partial charge in [0.05, 0.1) is 30.9 Å². The summed E-state index contributed by atoms with van der Waals surface area (Å²) in [6, 6.07) is 3.76. The van der Waals surface area contributed by atoms with Crippen LogP contribution in [0.15, 0.2) is 122 Å². The van der Waals surface area contributed by atoms with E-state index in [-0.39, 0.29) is 118 Å². The van der Waals surface area contributed by atoms with Crippen molar-refractivity contribution in [3.8, 4) is 11.5 Å². The van der Waals surface area contributed by atoms with Crippen LogP contribution in [0.3, 0.4) is 0 Å². The summed E-state index contributed by atoms with van der Waals surface area (Å²) < 4.78 is 5.48. The topological polar surface area (TPSA) is 835 Å². The second-order valence-corrected chi connectivity index (χ2v) is 36.1. The number of carbonyl (C=O) groups excluding carboxylic acids is 18. The van der Waals surface area contributed by atoms with Gasteiger partial charge >= 0.3 is 18.0 Å². The van der Waals surface area contributed by atoms with E-state index in [0.717, 1.165) is 42.9 Å². The minimum Gasteiger partial charge on any atom is -0.508 e. The van der Waals surface area contributed by atoms with Crippen molar-refractivity contribution in [3.05, 3.63) is 149 Å². The number of ether oxygens (including phenoxy) is 1. The number of pyridine rings is 1. The molecule has 52 nitrogen and oxygen atoms in total. The second-order valence-electron chi connectivity index (χ2n) is 35.7. The minimum absolute atomic E-state index is 0.00254. The molecule has 53 heteroatoms. The van der Waals surface area contributed by atoms with Crippen molar-refractivity contribution in [3.63, 3.8) is 0 Å². The molecule has 6 rings (SSSR count). The Kier molecular flexibility index (Phi) is 51.5. The number of aliphatic carboxylic acids is 2. The Morgan fingerprint density at radius 2 is 0.900 bits per heavy atom. The normalized spacial score (nSPS) is 14.0. The number of phenols is 2. The molecule has 4 aromatic carbocycles. The van der Waals surface area contributed by atoms with Crippen LogP contribution in [0.25, 0.3) is 10.9 Å². The lowest BCUT2D eigenvalue weighted by Gasteiger charge is -2.27. The van der Waals surface area contributed by atoms with E-state index in [4.69, 9.17) is 50.4 Å². The number of carbonyl (C=O) groups is 20. The number of nitrogens with zero attached hydrogens (tertiary/aromatic N) is 3. The molecule has 0 radical (unpaired) electrons. The number of fused-ring (bicyclic) bond motifs is 1. The number of rotatable bonds is 67. The predicted octanol–water partition coefficient (Wildman–Crippen LogP) is -3.76. The highest BCUT2D eigenvalue weighted by molar-refractivity contribution is 6.31. The molecule has 0 aliphatic rings. The van der Waals surface area contributed by atoms with Crippen LogP contribution in [0.4, 0.5) is 10.5 Å². The first kappa shape index (κ1) is 122. The van der Waals surface area contributed by atoms with Crippen LogP contribution in [0.5, 0.6) is 11.5 Å². The Labute approximate surface area is 868 Å². The van der Waals surface area contributed by atoms with E-state index in [1.165, 1.54) is 81.8 Å². The molecule has 0 fully saturated rings. The van der Waals surface area contributed by atoms with Gasteiger partial charge in [-0.15, -0.1) is 0 Å². The number of hydrogen-bond donors (Lipinski definition) is 28. The Bertz CT molecular complexity index is 5620. The first-order valence-electron chi connectivity index (χ1n) is 48.5. The maximum absolute atomic E-state index is 14.7. The number of primary amides is 3. The number of likely N-dealkylation sites (N-methyl/N-ethyl adjacent to an activating group) is 1. The lowest BCUT2D eigenvalue weighted by molar-refractivity contribution is -0.141. The highest BCUT2D eigenvalue weighted by Crippen LogP contribution is 2.26. The predicted molar refractivity (Wildman–Crippen MR) is 544 cm³/mol. The highest BCUT2D eigenvalue weighted by atomic mass is 35.5. The first-order valence-corrected chi connectivity index (χ1v) is 48.9. The number of nitrogens with one attached hydrogen (secondary N) is 19. The Hall–Kier alpha value is -16.4. The van der Waals surface area contributed by atoms with Crippen molar-refractivity contribution < 1.29 is 121 Å². The molecule has 6 aromatic rings. The number of amides is 18. The van der Waals surface area contributed by atoms with Gasteiger partial charge in [-0.05, 0) is 177 Å². The third-order valence-corrected chi connectivity index (χ3v) is 23.6. The molecule has 0 bridgehead atoms. The van der Waals surface area contributed by atoms with Crippen molar-refractivity contribution in [2.75, 3.05) is 51.2 Å². The lowest BCUT2D eigenvalue weighted by atomic mass is 10.0. The number of nitrogens with two attached hydrogens (primary N) is 5. The van der Waals surface area contributed by atoms with E-state index < -0.39 is 254 Å². The molecule has 1 unspecified atom stereocenters. The van der Waals surface area contributed by atoms with Crippen LogP contribution in [0, 0.1) is 5.41 Å². The summed E-state index contributed by atoms with van der Waals surface area (Å²) in [5, 5.41) is 91.7. The zero-order valence-electron chi connectivity index (χ0n) is 83.9. The number of H-pyrrole nitrogens is 1. The van der Waals surface area contributed by atoms with Crippen LogP contribution in [0.1, 0.15) is 154 Å². The number of halogens is 1. The molecule has 0 saturated heterocycles. The number of carboxylic acids is 2. The van der Waals surface area contributed by atoms with Crippen molar-refractivity contribution in [2.45, 2.75) is 248 Å². The number of unbranched alkanes of at least 4 members (excludes halogenated alkanes) is 1. The van der Waals surface area contributed by atoms with E-state index >= 15 is 0 Å². The number of aromatic amines is 1. The maximum Gasteiger partial charge on any atom is 0.407 e. The van der Waals surface area contributed by atoms with E-state index in [9.17, 15) is 116 Å². The number of imidazole rings is 1. The molecule has 0 spiro atoms. The number of benzene rings is 4. The summed E-state index contributed by atoms with van der Waals surface area (Å²) in [5.74, 6) is -21.6. The zero-order chi connectivity index (χ0) is 111. The molecule has 2 aromatic heterocycles. The zero-order valence-corrected chi connectivity index (χ0v) is 84.6. The van der Waals surface area contributed by atoms with Crippen LogP contribution in [-0.2, 0) is 122 Å². The number of alkyl carbamates (subject to hydrolysis) is 1.